The predicted octanol–water partition coefficient (Wildman–Crippen LogP) is 0.0542. The molecule has 0 aromatic rings. The lowest BCUT2D eigenvalue weighted by atomic mass is 10.1. The van der Waals surface area contributed by atoms with Gasteiger partial charge in [-0.1, -0.05) is 0 Å². The summed E-state index contributed by atoms with van der Waals surface area (Å²) in [6.07, 6.45) is 0. The van der Waals surface area contributed by atoms with E-state index in [-0.39, 0.29) is 29.2 Å². The van der Waals surface area contributed by atoms with Gasteiger partial charge in [0.2, 0.25) is 5.88 Å². The molecule has 1 aliphatic rings. The Hall–Kier alpha value is -2.45. The van der Waals surface area contributed by atoms with Crippen molar-refractivity contribution >= 4 is 0 Å². The average Bonchev–Trinajstić information content (AvgIpc) is 2.50. The molecule has 13 heavy (non-hydrogen) atoms. The summed E-state index contributed by atoms with van der Waals surface area (Å²) in [7, 11) is 0. The van der Waals surface area contributed by atoms with Crippen molar-refractivity contribution in [3.8, 4) is 18.2 Å². The molecule has 0 unspecified atom stereocenters. The highest BCUT2D eigenvalue weighted by Gasteiger charge is 2.22. The van der Waals surface area contributed by atoms with Gasteiger partial charge in [-0.2, -0.15) is 15.8 Å². The maximum Gasteiger partial charge on any atom is 0.203 e. The maximum absolute atomic E-state index is 8.63. The second-order valence-electron chi connectivity index (χ2n) is 2.22. The minimum atomic E-state index is -0.128. The molecule has 0 spiro atoms. The van der Waals surface area contributed by atoms with Gasteiger partial charge >= 0.3 is 0 Å². The van der Waals surface area contributed by atoms with Crippen LogP contribution in [0, 0.1) is 34.0 Å². The number of nitrogens with zero attached hydrogens (tertiary/aromatic N) is 3. The van der Waals surface area contributed by atoms with Crippen LogP contribution in [0.25, 0.3) is 0 Å². The normalized spacial score (nSPS) is 14.1. The van der Waals surface area contributed by atoms with Crippen LogP contribution in [-0.4, -0.2) is 6.61 Å². The van der Waals surface area contributed by atoms with E-state index in [0.717, 1.165) is 0 Å². The van der Waals surface area contributed by atoms with Crippen LogP contribution in [0.15, 0.2) is 22.6 Å². The fourth-order valence-electron chi connectivity index (χ4n) is 0.923. The molecule has 62 valence electrons. The fraction of sp³-hybridized carbons (Fsp3) is 0.125. The molecular weight excluding hydrogens is 168 g/mol. The second kappa shape index (κ2) is 3.30. The monoisotopic (exact) mass is 172 g/mol. The molecule has 0 atom stereocenters. The molecule has 2 N–H and O–H groups in total. The van der Waals surface area contributed by atoms with Gasteiger partial charge in [0.25, 0.3) is 0 Å². The largest absolute Gasteiger partial charge is 0.473 e. The Morgan fingerprint density at radius 3 is 2.38 bits per heavy atom. The number of ether oxygens (including phenoxy) is 1. The first-order chi connectivity index (χ1) is 6.24. The van der Waals surface area contributed by atoms with Gasteiger partial charge in [0.15, 0.2) is 0 Å². The van der Waals surface area contributed by atoms with Crippen LogP contribution in [0.1, 0.15) is 0 Å². The summed E-state index contributed by atoms with van der Waals surface area (Å²) in [5.41, 5.74) is 5.53. The molecule has 0 saturated heterocycles. The topological polar surface area (TPSA) is 107 Å². The molecule has 0 aliphatic carbocycles. The van der Waals surface area contributed by atoms with Crippen LogP contribution in [0.2, 0.25) is 0 Å². The van der Waals surface area contributed by atoms with Crippen molar-refractivity contribution in [2.75, 3.05) is 6.61 Å². The zero-order chi connectivity index (χ0) is 9.84. The van der Waals surface area contributed by atoms with Gasteiger partial charge in [-0.15, -0.1) is 0 Å². The van der Waals surface area contributed by atoms with Gasteiger partial charge < -0.3 is 10.5 Å². The number of rotatable bonds is 0. The molecule has 1 heterocycles. The van der Waals surface area contributed by atoms with Crippen LogP contribution in [0.4, 0.5) is 0 Å². The van der Waals surface area contributed by atoms with Gasteiger partial charge in [-0.25, -0.2) is 0 Å². The van der Waals surface area contributed by atoms with E-state index in [1.807, 2.05) is 0 Å². The number of nitrogens with two attached hydrogens (primary N) is 1. The Balaban J connectivity index is 3.30. The quantitative estimate of drug-likeness (QED) is 0.519. The van der Waals surface area contributed by atoms with E-state index < -0.39 is 0 Å². The summed E-state index contributed by atoms with van der Waals surface area (Å²) in [6.45, 7) is 0.0190. The molecule has 5 nitrogen and oxygen atoms in total. The van der Waals surface area contributed by atoms with Gasteiger partial charge in [0.05, 0.1) is 0 Å². The number of allylic oxidation sites excluding steroid dienone is 1. The first-order valence-corrected chi connectivity index (χ1v) is 3.31. The SMILES string of the molecule is N#CC(C#N)=C1COC(N)=C1C#N. The van der Waals surface area contributed by atoms with Crippen LogP contribution >= 0.6 is 0 Å². The predicted molar refractivity (Wildman–Crippen MR) is 41.0 cm³/mol. The second-order valence-corrected chi connectivity index (χ2v) is 2.22. The first kappa shape index (κ1) is 8.64. The van der Waals surface area contributed by atoms with Crippen molar-refractivity contribution < 1.29 is 4.74 Å². The highest BCUT2D eigenvalue weighted by Crippen LogP contribution is 2.23. The van der Waals surface area contributed by atoms with Crippen LogP contribution in [0.3, 0.4) is 0 Å². The molecule has 5 heteroatoms. The molecule has 1 rings (SSSR count). The molecule has 1 aliphatic heterocycles. The molecule has 0 bridgehead atoms. The van der Waals surface area contributed by atoms with Gasteiger partial charge in [0.1, 0.15) is 36.0 Å². The third-order valence-electron chi connectivity index (χ3n) is 1.56. The lowest BCUT2D eigenvalue weighted by molar-refractivity contribution is 0.257. The molecule has 0 saturated carbocycles. The van der Waals surface area contributed by atoms with Crippen molar-refractivity contribution in [2.45, 2.75) is 0 Å². The van der Waals surface area contributed by atoms with E-state index in [2.05, 4.69) is 0 Å². The summed E-state index contributed by atoms with van der Waals surface area (Å²) in [5, 5.41) is 25.7. The van der Waals surface area contributed by atoms with E-state index >= 15 is 0 Å². The maximum atomic E-state index is 8.63. The van der Waals surface area contributed by atoms with E-state index in [0.29, 0.717) is 0 Å². The Kier molecular flexibility index (Phi) is 2.19. The van der Waals surface area contributed by atoms with Crippen molar-refractivity contribution in [1.82, 2.24) is 0 Å². The Morgan fingerprint density at radius 2 is 1.92 bits per heavy atom. The van der Waals surface area contributed by atoms with Crippen molar-refractivity contribution in [1.29, 1.82) is 15.8 Å². The molecule has 0 radical (unpaired) electrons. The van der Waals surface area contributed by atoms with Crippen LogP contribution < -0.4 is 5.73 Å². The molecule has 0 aromatic heterocycles. The number of hydrogen-bond acceptors (Lipinski definition) is 5. The third-order valence-corrected chi connectivity index (χ3v) is 1.56. The number of hydrogen-bond donors (Lipinski definition) is 1. The molecule has 0 amide bonds. The molecular formula is C8H4N4O. The summed E-state index contributed by atoms with van der Waals surface area (Å²) in [5.74, 6) is -0.0273. The van der Waals surface area contributed by atoms with E-state index in [9.17, 15) is 0 Å². The third kappa shape index (κ3) is 1.29. The zero-order valence-electron chi connectivity index (χ0n) is 6.53. The van der Waals surface area contributed by atoms with Gasteiger partial charge in [-0.3, -0.25) is 0 Å². The number of nitriles is 3. The lowest BCUT2D eigenvalue weighted by Gasteiger charge is -1.92. The van der Waals surface area contributed by atoms with Crippen molar-refractivity contribution in [3.63, 3.8) is 0 Å². The van der Waals surface area contributed by atoms with Crippen LogP contribution in [0.5, 0.6) is 0 Å². The fourth-order valence-corrected chi connectivity index (χ4v) is 0.923. The minimum absolute atomic E-state index is 0.0190. The summed E-state index contributed by atoms with van der Waals surface area (Å²) < 4.78 is 4.83. The molecule has 0 fully saturated rings. The van der Waals surface area contributed by atoms with Gasteiger partial charge in [0, 0.05) is 5.57 Å². The van der Waals surface area contributed by atoms with Crippen molar-refractivity contribution in [3.05, 3.63) is 22.6 Å². The van der Waals surface area contributed by atoms with E-state index in [4.69, 9.17) is 26.3 Å². The Bertz CT molecular complexity index is 409. The summed E-state index contributed by atoms with van der Waals surface area (Å²) in [6, 6.07) is 5.13. The standard InChI is InChI=1S/C8H4N4O/c9-1-5(2-10)7-4-13-8(12)6(7)3-11/h4,12H2. The van der Waals surface area contributed by atoms with E-state index in [1.165, 1.54) is 0 Å². The Morgan fingerprint density at radius 1 is 1.31 bits per heavy atom. The van der Waals surface area contributed by atoms with Crippen molar-refractivity contribution in [2.24, 2.45) is 5.73 Å². The summed E-state index contributed by atoms with van der Waals surface area (Å²) in [4.78, 5) is 0. The minimum Gasteiger partial charge on any atom is -0.473 e. The smallest absolute Gasteiger partial charge is 0.203 e. The lowest BCUT2D eigenvalue weighted by Crippen LogP contribution is -1.97. The molecule has 0 aromatic carbocycles. The highest BCUT2D eigenvalue weighted by molar-refractivity contribution is 5.56. The Labute approximate surface area is 74.5 Å². The van der Waals surface area contributed by atoms with Gasteiger partial charge in [-0.05, 0) is 0 Å². The highest BCUT2D eigenvalue weighted by atomic mass is 16.5. The van der Waals surface area contributed by atoms with Crippen LogP contribution in [-0.2, 0) is 4.74 Å². The summed E-state index contributed by atoms with van der Waals surface area (Å²) >= 11 is 0. The van der Waals surface area contributed by atoms with E-state index in [1.54, 1.807) is 18.2 Å². The first-order valence-electron chi connectivity index (χ1n) is 3.31. The average molecular weight is 172 g/mol. The zero-order valence-corrected chi connectivity index (χ0v) is 6.53.